The smallest absolute Gasteiger partial charge is 0.266 e. The van der Waals surface area contributed by atoms with Gasteiger partial charge in [-0.25, -0.2) is 0 Å². The van der Waals surface area contributed by atoms with Crippen molar-refractivity contribution in [2.24, 2.45) is 0 Å². The standard InChI is InChI=1S/C16H12ClNO3S2/c1-20-13-5-4-10(7-12(13)17)8-14-15(19)18(16(22)23-14)9-11-3-2-6-21-11/h2-8H,9H2,1H3/b14-8+. The lowest BCUT2D eigenvalue weighted by molar-refractivity contribution is -0.122. The van der Waals surface area contributed by atoms with Gasteiger partial charge in [-0.2, -0.15) is 0 Å². The van der Waals surface area contributed by atoms with Gasteiger partial charge >= 0.3 is 0 Å². The van der Waals surface area contributed by atoms with Crippen molar-refractivity contribution in [1.29, 1.82) is 0 Å². The first kappa shape index (κ1) is 16.1. The monoisotopic (exact) mass is 365 g/mol. The average Bonchev–Trinajstić information content (AvgIpc) is 3.12. The number of halogens is 1. The van der Waals surface area contributed by atoms with Crippen LogP contribution in [-0.2, 0) is 11.3 Å². The molecule has 0 spiro atoms. The van der Waals surface area contributed by atoms with E-state index >= 15 is 0 Å². The van der Waals surface area contributed by atoms with Gasteiger partial charge in [-0.3, -0.25) is 9.69 Å². The van der Waals surface area contributed by atoms with Crippen molar-refractivity contribution < 1.29 is 13.9 Å². The lowest BCUT2D eigenvalue weighted by Gasteiger charge is -2.12. The summed E-state index contributed by atoms with van der Waals surface area (Å²) >= 11 is 12.7. The predicted molar refractivity (Wildman–Crippen MR) is 95.4 cm³/mol. The van der Waals surface area contributed by atoms with Gasteiger partial charge in [0.05, 0.1) is 29.8 Å². The minimum atomic E-state index is -0.136. The van der Waals surface area contributed by atoms with Gasteiger partial charge in [0, 0.05) is 0 Å². The highest BCUT2D eigenvalue weighted by Crippen LogP contribution is 2.34. The third kappa shape index (κ3) is 3.44. The van der Waals surface area contributed by atoms with E-state index < -0.39 is 0 Å². The molecule has 0 unspecified atom stereocenters. The molecule has 4 nitrogen and oxygen atoms in total. The number of carbonyl (C=O) groups is 1. The summed E-state index contributed by atoms with van der Waals surface area (Å²) in [7, 11) is 1.56. The Balaban J connectivity index is 1.82. The van der Waals surface area contributed by atoms with Crippen LogP contribution in [0.4, 0.5) is 0 Å². The van der Waals surface area contributed by atoms with Crippen molar-refractivity contribution in [3.8, 4) is 5.75 Å². The number of thiocarbonyl (C=S) groups is 1. The fraction of sp³-hybridized carbons (Fsp3) is 0.125. The van der Waals surface area contributed by atoms with Crippen molar-refractivity contribution in [2.75, 3.05) is 7.11 Å². The zero-order valence-electron chi connectivity index (χ0n) is 12.1. The first-order chi connectivity index (χ1) is 11.1. The molecular formula is C16H12ClNO3S2. The van der Waals surface area contributed by atoms with E-state index in [4.69, 9.17) is 33.0 Å². The van der Waals surface area contributed by atoms with Crippen molar-refractivity contribution in [1.82, 2.24) is 4.90 Å². The third-order valence-electron chi connectivity index (χ3n) is 3.24. The van der Waals surface area contributed by atoms with E-state index in [1.165, 1.54) is 16.7 Å². The van der Waals surface area contributed by atoms with Crippen LogP contribution in [0.25, 0.3) is 6.08 Å². The third-order valence-corrected chi connectivity index (χ3v) is 4.91. The normalized spacial score (nSPS) is 16.4. The number of hydrogen-bond donors (Lipinski definition) is 0. The first-order valence-corrected chi connectivity index (χ1v) is 8.30. The highest BCUT2D eigenvalue weighted by molar-refractivity contribution is 8.26. The highest BCUT2D eigenvalue weighted by Gasteiger charge is 2.32. The molecule has 0 bridgehead atoms. The fourth-order valence-electron chi connectivity index (χ4n) is 2.12. The van der Waals surface area contributed by atoms with Crippen molar-refractivity contribution in [2.45, 2.75) is 6.54 Å². The zero-order valence-corrected chi connectivity index (χ0v) is 14.5. The molecule has 1 amide bonds. The molecule has 1 fully saturated rings. The maximum Gasteiger partial charge on any atom is 0.266 e. The summed E-state index contributed by atoms with van der Waals surface area (Å²) in [5.41, 5.74) is 0.814. The molecule has 118 valence electrons. The van der Waals surface area contributed by atoms with Crippen LogP contribution in [0.1, 0.15) is 11.3 Å². The van der Waals surface area contributed by atoms with Crippen LogP contribution >= 0.6 is 35.6 Å². The second-order valence-corrected chi connectivity index (χ2v) is 6.82. The number of hydrogen-bond acceptors (Lipinski definition) is 5. The number of amides is 1. The van der Waals surface area contributed by atoms with E-state index in [1.54, 1.807) is 37.6 Å². The van der Waals surface area contributed by atoms with Gasteiger partial charge in [-0.1, -0.05) is 41.6 Å². The summed E-state index contributed by atoms with van der Waals surface area (Å²) in [4.78, 5) is 14.6. The van der Waals surface area contributed by atoms with E-state index in [9.17, 15) is 4.79 Å². The van der Waals surface area contributed by atoms with Gasteiger partial charge in [0.25, 0.3) is 5.91 Å². The maximum absolute atomic E-state index is 12.5. The Morgan fingerprint density at radius 3 is 2.91 bits per heavy atom. The van der Waals surface area contributed by atoms with Gasteiger partial charge in [0.15, 0.2) is 0 Å². The molecule has 0 N–H and O–H groups in total. The largest absolute Gasteiger partial charge is 0.495 e. The second-order valence-electron chi connectivity index (χ2n) is 4.74. The van der Waals surface area contributed by atoms with Crippen LogP contribution in [0, 0.1) is 0 Å². The number of methoxy groups -OCH3 is 1. The van der Waals surface area contributed by atoms with E-state index in [2.05, 4.69) is 0 Å². The van der Waals surface area contributed by atoms with E-state index in [0.717, 1.165) is 5.56 Å². The number of furan rings is 1. The molecule has 0 saturated carbocycles. The van der Waals surface area contributed by atoms with Crippen molar-refractivity contribution in [3.63, 3.8) is 0 Å². The lowest BCUT2D eigenvalue weighted by atomic mass is 10.2. The molecule has 1 aliphatic heterocycles. The maximum atomic E-state index is 12.5. The second kappa shape index (κ2) is 6.78. The molecule has 7 heteroatoms. The Morgan fingerprint density at radius 2 is 2.26 bits per heavy atom. The Morgan fingerprint density at radius 1 is 1.43 bits per heavy atom. The zero-order chi connectivity index (χ0) is 16.4. The number of carbonyl (C=O) groups excluding carboxylic acids is 1. The van der Waals surface area contributed by atoms with Crippen LogP contribution in [0.3, 0.4) is 0 Å². The van der Waals surface area contributed by atoms with Crippen LogP contribution in [0.5, 0.6) is 5.75 Å². The summed E-state index contributed by atoms with van der Waals surface area (Å²) in [5, 5.41) is 0.493. The Bertz CT molecular complexity index is 787. The summed E-state index contributed by atoms with van der Waals surface area (Å²) in [6.07, 6.45) is 3.34. The van der Waals surface area contributed by atoms with Crippen LogP contribution in [-0.4, -0.2) is 22.2 Å². The molecule has 2 aromatic rings. The lowest BCUT2D eigenvalue weighted by Crippen LogP contribution is -2.27. The number of rotatable bonds is 4. The van der Waals surface area contributed by atoms with Crippen LogP contribution in [0.15, 0.2) is 45.9 Å². The van der Waals surface area contributed by atoms with Gasteiger partial charge < -0.3 is 9.15 Å². The Labute approximate surface area is 148 Å². The number of ether oxygens (including phenoxy) is 1. The molecular weight excluding hydrogens is 354 g/mol. The average molecular weight is 366 g/mol. The highest BCUT2D eigenvalue weighted by atomic mass is 35.5. The van der Waals surface area contributed by atoms with Gasteiger partial charge in [-0.05, 0) is 35.9 Å². The Kier molecular flexibility index (Phi) is 4.75. The Hall–Kier alpha value is -1.76. The molecule has 1 aromatic carbocycles. The number of nitrogens with zero attached hydrogens (tertiary/aromatic N) is 1. The molecule has 0 atom stereocenters. The minimum absolute atomic E-state index is 0.136. The van der Waals surface area contributed by atoms with Crippen LogP contribution < -0.4 is 4.74 Å². The topological polar surface area (TPSA) is 42.7 Å². The molecule has 0 aliphatic carbocycles. The molecule has 23 heavy (non-hydrogen) atoms. The molecule has 1 aromatic heterocycles. The van der Waals surface area contributed by atoms with Gasteiger partial charge in [-0.15, -0.1) is 0 Å². The molecule has 0 radical (unpaired) electrons. The summed E-state index contributed by atoms with van der Waals surface area (Å²) in [5.74, 6) is 1.15. The van der Waals surface area contributed by atoms with E-state index in [-0.39, 0.29) is 5.91 Å². The summed E-state index contributed by atoms with van der Waals surface area (Å²) in [6, 6.07) is 8.94. The molecule has 3 rings (SSSR count). The summed E-state index contributed by atoms with van der Waals surface area (Å²) in [6.45, 7) is 0.332. The van der Waals surface area contributed by atoms with E-state index in [1.807, 2.05) is 12.1 Å². The predicted octanol–water partition coefficient (Wildman–Crippen LogP) is 4.34. The first-order valence-electron chi connectivity index (χ1n) is 6.70. The molecule has 1 saturated heterocycles. The van der Waals surface area contributed by atoms with Crippen molar-refractivity contribution in [3.05, 3.63) is 57.8 Å². The van der Waals surface area contributed by atoms with Gasteiger partial charge in [0.1, 0.15) is 15.8 Å². The number of benzene rings is 1. The summed E-state index contributed by atoms with van der Waals surface area (Å²) < 4.78 is 10.9. The minimum Gasteiger partial charge on any atom is -0.495 e. The van der Waals surface area contributed by atoms with Crippen LogP contribution in [0.2, 0.25) is 5.02 Å². The molecule has 2 heterocycles. The van der Waals surface area contributed by atoms with Crippen molar-refractivity contribution >= 4 is 51.9 Å². The van der Waals surface area contributed by atoms with Gasteiger partial charge in [0.2, 0.25) is 0 Å². The molecule has 1 aliphatic rings. The fourth-order valence-corrected chi connectivity index (χ4v) is 3.64. The SMILES string of the molecule is COc1ccc(/C=C2/SC(=S)N(Cc3ccco3)C2=O)cc1Cl. The quantitative estimate of drug-likeness (QED) is 0.595. The number of thioether (sulfide) groups is 1. The van der Waals surface area contributed by atoms with E-state index in [0.29, 0.717) is 32.3 Å².